The maximum absolute atomic E-state index is 12.0. The summed E-state index contributed by atoms with van der Waals surface area (Å²) >= 11 is 0. The highest BCUT2D eigenvalue weighted by molar-refractivity contribution is 6.00. The first-order valence-corrected chi connectivity index (χ1v) is 10.4. The number of rotatable bonds is 6. The van der Waals surface area contributed by atoms with E-state index in [1.807, 2.05) is 55.5 Å². The Morgan fingerprint density at radius 2 is 1.91 bits per heavy atom. The van der Waals surface area contributed by atoms with Gasteiger partial charge in [-0.3, -0.25) is 9.97 Å². The van der Waals surface area contributed by atoms with E-state index in [0.29, 0.717) is 13.2 Å². The molecule has 32 heavy (non-hydrogen) atoms. The fourth-order valence-corrected chi connectivity index (χ4v) is 4.09. The van der Waals surface area contributed by atoms with Gasteiger partial charge in [0.15, 0.2) is 0 Å². The molecule has 6 heteroatoms. The second-order valence-corrected chi connectivity index (χ2v) is 7.65. The summed E-state index contributed by atoms with van der Waals surface area (Å²) in [6, 6.07) is 19.3. The van der Waals surface area contributed by atoms with Gasteiger partial charge < -0.3 is 14.4 Å². The molecule has 0 saturated carbocycles. The average Bonchev–Trinajstić information content (AvgIpc) is 3.18. The first-order chi connectivity index (χ1) is 15.6. The van der Waals surface area contributed by atoms with Crippen molar-refractivity contribution in [3.63, 3.8) is 0 Å². The first-order valence-electron chi connectivity index (χ1n) is 10.4. The second-order valence-electron chi connectivity index (χ2n) is 7.65. The smallest absolute Gasteiger partial charge is 0.352 e. The summed E-state index contributed by atoms with van der Waals surface area (Å²) in [7, 11) is 0. The number of ether oxygens (including phenoxy) is 1. The van der Waals surface area contributed by atoms with Gasteiger partial charge in [-0.2, -0.15) is 0 Å². The monoisotopic (exact) mass is 423 g/mol. The molecule has 0 saturated heterocycles. The van der Waals surface area contributed by atoms with Crippen LogP contribution >= 0.6 is 0 Å². The molecule has 5 aromatic rings. The van der Waals surface area contributed by atoms with Crippen molar-refractivity contribution in [3.8, 4) is 17.0 Å². The highest BCUT2D eigenvalue weighted by Gasteiger charge is 2.18. The van der Waals surface area contributed by atoms with Crippen molar-refractivity contribution in [1.29, 1.82) is 0 Å². The van der Waals surface area contributed by atoms with E-state index >= 15 is 0 Å². The molecular weight excluding hydrogens is 402 g/mol. The van der Waals surface area contributed by atoms with Gasteiger partial charge in [0.05, 0.1) is 17.8 Å². The lowest BCUT2D eigenvalue weighted by atomic mass is 10.1. The minimum atomic E-state index is -0.979. The van der Waals surface area contributed by atoms with E-state index in [1.54, 1.807) is 29.2 Å². The lowest BCUT2D eigenvalue weighted by molar-refractivity contribution is 0.0684. The molecule has 0 spiro atoms. The number of aromatic nitrogens is 3. The fraction of sp³-hybridized carbons (Fsp3) is 0.115. The van der Waals surface area contributed by atoms with Crippen LogP contribution in [0.3, 0.4) is 0 Å². The lowest BCUT2D eigenvalue weighted by Gasteiger charge is -2.12. The fourth-order valence-electron chi connectivity index (χ4n) is 4.09. The summed E-state index contributed by atoms with van der Waals surface area (Å²) in [6.45, 7) is 2.75. The molecule has 0 atom stereocenters. The Kier molecular flexibility index (Phi) is 5.03. The van der Waals surface area contributed by atoms with Crippen LogP contribution < -0.4 is 4.74 Å². The van der Waals surface area contributed by atoms with Crippen LogP contribution in [0.5, 0.6) is 5.75 Å². The molecular formula is C26H21N3O3. The van der Waals surface area contributed by atoms with E-state index in [-0.39, 0.29) is 5.69 Å². The maximum Gasteiger partial charge on any atom is 0.352 e. The quantitative estimate of drug-likeness (QED) is 0.399. The second kappa shape index (κ2) is 8.15. The molecule has 0 unspecified atom stereocenters. The van der Waals surface area contributed by atoms with Crippen LogP contribution in [-0.4, -0.2) is 32.2 Å². The van der Waals surface area contributed by atoms with Crippen LogP contribution in [0.25, 0.3) is 32.9 Å². The van der Waals surface area contributed by atoms with Gasteiger partial charge in [0.2, 0.25) is 0 Å². The summed E-state index contributed by atoms with van der Waals surface area (Å²) in [5.41, 5.74) is 3.89. The number of benzene rings is 2. The Bertz CT molecular complexity index is 1450. The van der Waals surface area contributed by atoms with Crippen molar-refractivity contribution in [2.75, 3.05) is 6.61 Å². The molecule has 0 aliphatic heterocycles. The van der Waals surface area contributed by atoms with Crippen LogP contribution in [0.2, 0.25) is 0 Å². The van der Waals surface area contributed by atoms with Crippen LogP contribution in [0.4, 0.5) is 0 Å². The van der Waals surface area contributed by atoms with Gasteiger partial charge in [0, 0.05) is 40.3 Å². The number of aryl methyl sites for hydroxylation is 1. The SMILES string of the molecule is Cc1cccc(-c2nccc3c2cc(C(=O)O)n3CCOc2cccc3cnccc23)c1. The van der Waals surface area contributed by atoms with Crippen LogP contribution in [0.1, 0.15) is 16.1 Å². The van der Waals surface area contributed by atoms with Crippen molar-refractivity contribution in [2.45, 2.75) is 13.5 Å². The molecule has 5 rings (SSSR count). The van der Waals surface area contributed by atoms with Crippen molar-refractivity contribution >= 4 is 27.6 Å². The summed E-state index contributed by atoms with van der Waals surface area (Å²) in [5, 5.41) is 12.6. The highest BCUT2D eigenvalue weighted by atomic mass is 16.5. The summed E-state index contributed by atoms with van der Waals surface area (Å²) in [6.07, 6.45) is 5.25. The van der Waals surface area contributed by atoms with Crippen molar-refractivity contribution in [3.05, 3.63) is 90.5 Å². The first kappa shape index (κ1) is 19.8. The highest BCUT2D eigenvalue weighted by Crippen LogP contribution is 2.30. The summed E-state index contributed by atoms with van der Waals surface area (Å²) in [4.78, 5) is 20.7. The van der Waals surface area contributed by atoms with Gasteiger partial charge in [-0.05, 0) is 37.3 Å². The number of carboxylic acid groups (broad SMARTS) is 1. The number of nitrogens with zero attached hydrogens (tertiary/aromatic N) is 3. The predicted octanol–water partition coefficient (Wildman–Crippen LogP) is 5.34. The largest absolute Gasteiger partial charge is 0.491 e. The van der Waals surface area contributed by atoms with Gasteiger partial charge >= 0.3 is 5.97 Å². The number of hydrogen-bond acceptors (Lipinski definition) is 4. The average molecular weight is 423 g/mol. The minimum absolute atomic E-state index is 0.215. The third kappa shape index (κ3) is 3.56. The molecule has 3 aromatic heterocycles. The molecule has 2 aromatic carbocycles. The Morgan fingerprint density at radius 3 is 2.75 bits per heavy atom. The molecule has 0 fully saturated rings. The summed E-state index contributed by atoms with van der Waals surface area (Å²) in [5.74, 6) is -0.229. The van der Waals surface area contributed by atoms with Gasteiger partial charge in [-0.15, -0.1) is 0 Å². The zero-order valence-electron chi connectivity index (χ0n) is 17.5. The van der Waals surface area contributed by atoms with Crippen molar-refractivity contribution < 1.29 is 14.6 Å². The molecule has 0 aliphatic carbocycles. The third-order valence-electron chi connectivity index (χ3n) is 5.55. The van der Waals surface area contributed by atoms with Crippen molar-refractivity contribution in [1.82, 2.24) is 14.5 Å². The van der Waals surface area contributed by atoms with E-state index in [2.05, 4.69) is 16.0 Å². The van der Waals surface area contributed by atoms with Gasteiger partial charge in [-0.1, -0.05) is 35.9 Å². The Balaban J connectivity index is 1.50. The number of fused-ring (bicyclic) bond motifs is 2. The molecule has 0 bridgehead atoms. The van der Waals surface area contributed by atoms with E-state index in [9.17, 15) is 9.90 Å². The zero-order chi connectivity index (χ0) is 22.1. The number of carbonyl (C=O) groups is 1. The number of hydrogen-bond donors (Lipinski definition) is 1. The minimum Gasteiger partial charge on any atom is -0.491 e. The molecule has 1 N–H and O–H groups in total. The van der Waals surface area contributed by atoms with Gasteiger partial charge in [0.25, 0.3) is 0 Å². The standard InChI is InChI=1S/C26H21N3O3/c1-17-4-2-5-18(14-17)25-21-15-23(26(30)31)29(22(21)9-11-28-25)12-13-32-24-7-3-6-19-16-27-10-8-20(19)24/h2-11,14-16H,12-13H2,1H3,(H,30,31). The Labute approximate surface area is 184 Å². The lowest BCUT2D eigenvalue weighted by Crippen LogP contribution is -2.13. The Morgan fingerprint density at radius 1 is 1.03 bits per heavy atom. The van der Waals surface area contributed by atoms with E-state index in [1.165, 1.54) is 0 Å². The maximum atomic E-state index is 12.0. The molecule has 158 valence electrons. The normalized spacial score (nSPS) is 11.2. The van der Waals surface area contributed by atoms with E-state index in [0.717, 1.165) is 44.2 Å². The molecule has 0 radical (unpaired) electrons. The number of carboxylic acids is 1. The van der Waals surface area contributed by atoms with Crippen molar-refractivity contribution in [2.24, 2.45) is 0 Å². The molecule has 0 amide bonds. The molecule has 3 heterocycles. The van der Waals surface area contributed by atoms with E-state index < -0.39 is 5.97 Å². The summed E-state index contributed by atoms with van der Waals surface area (Å²) < 4.78 is 7.83. The Hall–Kier alpha value is -4.19. The van der Waals surface area contributed by atoms with Crippen LogP contribution in [-0.2, 0) is 6.54 Å². The molecule has 0 aliphatic rings. The zero-order valence-corrected chi connectivity index (χ0v) is 17.5. The number of aromatic carboxylic acids is 1. The van der Waals surface area contributed by atoms with Gasteiger partial charge in [0.1, 0.15) is 18.1 Å². The van der Waals surface area contributed by atoms with Crippen LogP contribution in [0, 0.1) is 6.92 Å². The van der Waals surface area contributed by atoms with Crippen LogP contribution in [0.15, 0.2) is 79.3 Å². The van der Waals surface area contributed by atoms with E-state index in [4.69, 9.17) is 4.74 Å². The number of pyridine rings is 2. The third-order valence-corrected chi connectivity index (χ3v) is 5.55. The topological polar surface area (TPSA) is 77.2 Å². The molecule has 6 nitrogen and oxygen atoms in total. The van der Waals surface area contributed by atoms with Gasteiger partial charge in [-0.25, -0.2) is 4.79 Å². The predicted molar refractivity (Wildman–Crippen MR) is 124 cm³/mol.